The van der Waals surface area contributed by atoms with Crippen LogP contribution in [0.25, 0.3) is 5.65 Å². The second kappa shape index (κ2) is 5.34. The van der Waals surface area contributed by atoms with Crippen LogP contribution in [0.4, 0.5) is 14.6 Å². The van der Waals surface area contributed by atoms with Crippen molar-refractivity contribution in [1.82, 2.24) is 24.7 Å². The largest absolute Gasteiger partial charge is 0.354 e. The standard InChI is InChI=1S/C17H20F2N6O/c1-10-20-21-14-2-3-15(22-25(10)14)23-6-12-8-24(9-13(12)7-23)16(26)11-4-17(18,19)5-11/h2-3,11-13H,4-9H2,1H3. The first-order chi connectivity index (χ1) is 12.4. The molecule has 0 spiro atoms. The number of rotatable bonds is 2. The summed E-state index contributed by atoms with van der Waals surface area (Å²) in [4.78, 5) is 16.4. The van der Waals surface area contributed by atoms with Gasteiger partial charge in [0.15, 0.2) is 11.5 Å². The highest BCUT2D eigenvalue weighted by Gasteiger charge is 2.51. The molecular weight excluding hydrogens is 342 g/mol. The van der Waals surface area contributed by atoms with Crippen molar-refractivity contribution in [2.24, 2.45) is 17.8 Å². The van der Waals surface area contributed by atoms with Gasteiger partial charge in [0.1, 0.15) is 5.82 Å². The van der Waals surface area contributed by atoms with E-state index in [-0.39, 0.29) is 18.7 Å². The van der Waals surface area contributed by atoms with Crippen molar-refractivity contribution < 1.29 is 13.6 Å². The quantitative estimate of drug-likeness (QED) is 0.807. The minimum Gasteiger partial charge on any atom is -0.354 e. The van der Waals surface area contributed by atoms with E-state index in [1.807, 2.05) is 19.1 Å². The Morgan fingerprint density at radius 3 is 2.46 bits per heavy atom. The lowest BCUT2D eigenvalue weighted by Crippen LogP contribution is -2.46. The molecule has 0 bridgehead atoms. The van der Waals surface area contributed by atoms with Crippen LogP contribution >= 0.6 is 0 Å². The SMILES string of the molecule is Cc1nnc2ccc(N3CC4CN(C(=O)C5CC(F)(F)C5)CC4C3)nn12. The molecule has 0 N–H and O–H groups in total. The average Bonchev–Trinajstić information content (AvgIpc) is 3.25. The minimum absolute atomic E-state index is 0.0865. The Labute approximate surface area is 149 Å². The molecule has 1 amide bonds. The van der Waals surface area contributed by atoms with Crippen LogP contribution in [0.5, 0.6) is 0 Å². The molecule has 2 atom stereocenters. The Bertz CT molecular complexity index is 861. The predicted molar refractivity (Wildman–Crippen MR) is 89.0 cm³/mol. The van der Waals surface area contributed by atoms with E-state index in [2.05, 4.69) is 20.2 Å². The van der Waals surface area contributed by atoms with Gasteiger partial charge in [-0.3, -0.25) is 4.79 Å². The van der Waals surface area contributed by atoms with Gasteiger partial charge >= 0.3 is 0 Å². The molecular formula is C17H20F2N6O. The highest BCUT2D eigenvalue weighted by molar-refractivity contribution is 5.80. The van der Waals surface area contributed by atoms with Gasteiger partial charge in [-0.05, 0) is 19.1 Å². The summed E-state index contributed by atoms with van der Waals surface area (Å²) in [5, 5.41) is 12.7. The number of carbonyl (C=O) groups excluding carboxylic acids is 1. The van der Waals surface area contributed by atoms with Crippen molar-refractivity contribution in [2.45, 2.75) is 25.7 Å². The summed E-state index contributed by atoms with van der Waals surface area (Å²) in [6.07, 6.45) is -0.571. The van der Waals surface area contributed by atoms with Crippen LogP contribution in [-0.4, -0.2) is 62.7 Å². The fourth-order valence-electron chi connectivity index (χ4n) is 4.51. The van der Waals surface area contributed by atoms with Gasteiger partial charge in [0.25, 0.3) is 0 Å². The normalized spacial score (nSPS) is 27.8. The average molecular weight is 362 g/mol. The Morgan fingerprint density at radius 1 is 1.12 bits per heavy atom. The number of aryl methyl sites for hydroxylation is 1. The number of alkyl halides is 2. The van der Waals surface area contributed by atoms with Crippen LogP contribution in [0, 0.1) is 24.7 Å². The molecule has 2 aromatic heterocycles. The first-order valence-corrected chi connectivity index (χ1v) is 9.00. The van der Waals surface area contributed by atoms with Crippen LogP contribution in [0.2, 0.25) is 0 Å². The van der Waals surface area contributed by atoms with Crippen molar-refractivity contribution in [3.8, 4) is 0 Å². The highest BCUT2D eigenvalue weighted by atomic mass is 19.3. The zero-order chi connectivity index (χ0) is 18.1. The number of anilines is 1. The van der Waals surface area contributed by atoms with Gasteiger partial charge in [0, 0.05) is 56.8 Å². The van der Waals surface area contributed by atoms with Crippen molar-refractivity contribution in [1.29, 1.82) is 0 Å². The van der Waals surface area contributed by atoms with Crippen molar-refractivity contribution in [3.63, 3.8) is 0 Å². The Hall–Kier alpha value is -2.32. The lowest BCUT2D eigenvalue weighted by Gasteiger charge is -2.36. The lowest BCUT2D eigenvalue weighted by atomic mass is 9.80. The molecule has 7 nitrogen and oxygen atoms in total. The van der Waals surface area contributed by atoms with Crippen LogP contribution < -0.4 is 4.90 Å². The van der Waals surface area contributed by atoms with E-state index in [1.54, 1.807) is 9.42 Å². The number of carbonyl (C=O) groups is 1. The third-order valence-electron chi connectivity index (χ3n) is 5.97. The van der Waals surface area contributed by atoms with Crippen molar-refractivity contribution >= 4 is 17.4 Å². The monoisotopic (exact) mass is 362 g/mol. The van der Waals surface area contributed by atoms with Gasteiger partial charge in [-0.15, -0.1) is 15.3 Å². The van der Waals surface area contributed by atoms with E-state index in [0.717, 1.165) is 30.4 Å². The molecule has 2 aliphatic heterocycles. The van der Waals surface area contributed by atoms with Gasteiger partial charge in [0.2, 0.25) is 11.8 Å². The molecule has 9 heteroatoms. The summed E-state index contributed by atoms with van der Waals surface area (Å²) in [6.45, 7) is 4.85. The third-order valence-corrected chi connectivity index (χ3v) is 5.97. The summed E-state index contributed by atoms with van der Waals surface area (Å²) in [5.41, 5.74) is 0.722. The maximum atomic E-state index is 13.0. The molecule has 2 unspecified atom stereocenters. The van der Waals surface area contributed by atoms with E-state index in [4.69, 9.17) is 0 Å². The summed E-state index contributed by atoms with van der Waals surface area (Å²) < 4.78 is 27.8. The number of halogens is 2. The highest BCUT2D eigenvalue weighted by Crippen LogP contribution is 2.44. The van der Waals surface area contributed by atoms with Gasteiger partial charge in [-0.1, -0.05) is 0 Å². The fraction of sp³-hybridized carbons (Fsp3) is 0.647. The second-order valence-corrected chi connectivity index (χ2v) is 7.84. The van der Waals surface area contributed by atoms with Crippen molar-refractivity contribution in [3.05, 3.63) is 18.0 Å². The molecule has 2 saturated heterocycles. The molecule has 4 heterocycles. The van der Waals surface area contributed by atoms with Crippen molar-refractivity contribution in [2.75, 3.05) is 31.1 Å². The molecule has 0 aromatic carbocycles. The summed E-state index contributed by atoms with van der Waals surface area (Å²) in [6, 6.07) is 3.85. The first kappa shape index (κ1) is 15.9. The van der Waals surface area contributed by atoms with Crippen LogP contribution in [0.3, 0.4) is 0 Å². The zero-order valence-electron chi connectivity index (χ0n) is 14.5. The van der Waals surface area contributed by atoms with Crippen LogP contribution in [-0.2, 0) is 4.79 Å². The number of likely N-dealkylation sites (tertiary alicyclic amines) is 1. The lowest BCUT2D eigenvalue weighted by molar-refractivity contribution is -0.159. The maximum Gasteiger partial charge on any atom is 0.249 e. The zero-order valence-corrected chi connectivity index (χ0v) is 14.5. The number of fused-ring (bicyclic) bond motifs is 2. The topological polar surface area (TPSA) is 66.6 Å². The molecule has 26 heavy (non-hydrogen) atoms. The number of amides is 1. The Kier molecular flexibility index (Phi) is 3.27. The predicted octanol–water partition coefficient (Wildman–Crippen LogP) is 1.37. The third kappa shape index (κ3) is 2.44. The summed E-state index contributed by atoms with van der Waals surface area (Å²) in [5.74, 6) is -0.839. The van der Waals surface area contributed by atoms with Gasteiger partial charge in [-0.2, -0.15) is 4.52 Å². The van der Waals surface area contributed by atoms with Crippen LogP contribution in [0.15, 0.2) is 12.1 Å². The van der Waals surface area contributed by atoms with E-state index in [1.165, 1.54) is 0 Å². The van der Waals surface area contributed by atoms with Gasteiger partial charge < -0.3 is 9.80 Å². The molecule has 1 saturated carbocycles. The molecule has 5 rings (SSSR count). The molecule has 138 valence electrons. The number of aromatic nitrogens is 4. The van der Waals surface area contributed by atoms with E-state index >= 15 is 0 Å². The van der Waals surface area contributed by atoms with E-state index in [0.29, 0.717) is 24.9 Å². The van der Waals surface area contributed by atoms with E-state index < -0.39 is 11.8 Å². The molecule has 1 aliphatic carbocycles. The van der Waals surface area contributed by atoms with E-state index in [9.17, 15) is 13.6 Å². The number of hydrogen-bond donors (Lipinski definition) is 0. The summed E-state index contributed by atoms with van der Waals surface area (Å²) in [7, 11) is 0. The molecule has 0 radical (unpaired) electrons. The Balaban J connectivity index is 1.25. The fourth-order valence-corrected chi connectivity index (χ4v) is 4.51. The second-order valence-electron chi connectivity index (χ2n) is 7.84. The molecule has 3 fully saturated rings. The van der Waals surface area contributed by atoms with Gasteiger partial charge in [0.05, 0.1) is 0 Å². The molecule has 3 aliphatic rings. The first-order valence-electron chi connectivity index (χ1n) is 9.00. The molecule has 2 aromatic rings. The number of nitrogens with zero attached hydrogens (tertiary/aromatic N) is 6. The number of hydrogen-bond acceptors (Lipinski definition) is 5. The maximum absolute atomic E-state index is 13.0. The minimum atomic E-state index is -2.64. The smallest absolute Gasteiger partial charge is 0.249 e. The summed E-state index contributed by atoms with van der Waals surface area (Å²) >= 11 is 0. The Morgan fingerprint density at radius 2 is 1.81 bits per heavy atom. The van der Waals surface area contributed by atoms with Gasteiger partial charge in [-0.25, -0.2) is 8.78 Å². The van der Waals surface area contributed by atoms with Crippen LogP contribution in [0.1, 0.15) is 18.7 Å².